The third-order valence-electron chi connectivity index (χ3n) is 4.38. The monoisotopic (exact) mass is 489 g/mol. The van der Waals surface area contributed by atoms with Gasteiger partial charge in [-0.25, -0.2) is 5.43 Å². The number of hydrogen-bond acceptors (Lipinski definition) is 5. The predicted octanol–water partition coefficient (Wildman–Crippen LogP) is 3.83. The number of benzene rings is 2. The highest BCUT2D eigenvalue weighted by atomic mass is 79.9. The molecule has 0 radical (unpaired) electrons. The van der Waals surface area contributed by atoms with Crippen molar-refractivity contribution in [3.8, 4) is 11.5 Å². The molecule has 0 aliphatic carbocycles. The highest BCUT2D eigenvalue weighted by Gasteiger charge is 2.22. The number of methoxy groups -OCH3 is 1. The Kier molecular flexibility index (Phi) is 9.52. The van der Waals surface area contributed by atoms with E-state index in [1.165, 1.54) is 6.21 Å². The summed E-state index contributed by atoms with van der Waals surface area (Å²) < 4.78 is 11.7. The summed E-state index contributed by atoms with van der Waals surface area (Å²) in [5, 5.41) is 6.76. The highest BCUT2D eigenvalue weighted by Crippen LogP contribution is 2.21. The smallest absolute Gasteiger partial charge is 0.262 e. The molecule has 7 nitrogen and oxygen atoms in total. The molecule has 2 aromatic carbocycles. The third kappa shape index (κ3) is 8.05. The number of para-hydroxylation sites is 1. The second kappa shape index (κ2) is 12.1. The van der Waals surface area contributed by atoms with Crippen LogP contribution in [0, 0.1) is 12.8 Å². The zero-order valence-electron chi connectivity index (χ0n) is 18.1. The van der Waals surface area contributed by atoms with Crippen LogP contribution in [0.2, 0.25) is 0 Å². The lowest BCUT2D eigenvalue weighted by Crippen LogP contribution is -2.47. The molecule has 0 saturated heterocycles. The molecule has 2 rings (SSSR count). The first-order valence-electron chi connectivity index (χ1n) is 9.94. The van der Waals surface area contributed by atoms with Gasteiger partial charge in [0.15, 0.2) is 6.61 Å². The molecule has 2 N–H and O–H groups in total. The van der Waals surface area contributed by atoms with E-state index in [1.54, 1.807) is 19.2 Å². The fraction of sp³-hybridized carbons (Fsp3) is 0.348. The van der Waals surface area contributed by atoms with Crippen LogP contribution in [0.25, 0.3) is 0 Å². The Labute approximate surface area is 191 Å². The number of nitrogens with zero attached hydrogens (tertiary/aromatic N) is 1. The Morgan fingerprint density at radius 1 is 1.16 bits per heavy atom. The minimum absolute atomic E-state index is 0.175. The lowest BCUT2D eigenvalue weighted by molar-refractivity contribution is -0.130. The summed E-state index contributed by atoms with van der Waals surface area (Å²) in [5.41, 5.74) is 4.14. The molecule has 0 bridgehead atoms. The van der Waals surface area contributed by atoms with E-state index >= 15 is 0 Å². The molecule has 0 fully saturated rings. The molecule has 0 heterocycles. The number of carbonyl (C=O) groups excluding carboxylic acids is 2. The minimum atomic E-state index is -0.727. The van der Waals surface area contributed by atoms with Gasteiger partial charge in [0.05, 0.1) is 13.3 Å². The van der Waals surface area contributed by atoms with Gasteiger partial charge in [-0.05, 0) is 49.1 Å². The number of nitrogens with one attached hydrogen (secondary N) is 2. The second-order valence-electron chi connectivity index (χ2n) is 7.42. The van der Waals surface area contributed by atoms with Crippen molar-refractivity contribution in [1.82, 2.24) is 10.7 Å². The SMILES string of the molecule is COc1ccc(Br)cc1/C=N\NC(=O)[C@H](CC(C)C)NC(=O)COc1ccccc1C. The van der Waals surface area contributed by atoms with Gasteiger partial charge in [0.2, 0.25) is 0 Å². The summed E-state index contributed by atoms with van der Waals surface area (Å²) in [7, 11) is 1.56. The number of ether oxygens (including phenoxy) is 2. The summed E-state index contributed by atoms with van der Waals surface area (Å²) in [6.45, 7) is 5.68. The molecule has 0 aliphatic rings. The average molecular weight is 490 g/mol. The van der Waals surface area contributed by atoms with Crippen molar-refractivity contribution in [3.05, 3.63) is 58.1 Å². The lowest BCUT2D eigenvalue weighted by atomic mass is 10.0. The van der Waals surface area contributed by atoms with Crippen LogP contribution in [0.4, 0.5) is 0 Å². The molecule has 0 saturated carbocycles. The Morgan fingerprint density at radius 3 is 2.58 bits per heavy atom. The molecular formula is C23H28BrN3O4. The Balaban J connectivity index is 1.97. The first-order valence-corrected chi connectivity index (χ1v) is 10.7. The van der Waals surface area contributed by atoms with Crippen molar-refractivity contribution < 1.29 is 19.1 Å². The molecular weight excluding hydrogens is 462 g/mol. The van der Waals surface area contributed by atoms with E-state index in [2.05, 4.69) is 31.8 Å². The normalized spacial score (nSPS) is 11.9. The fourth-order valence-electron chi connectivity index (χ4n) is 2.85. The maximum Gasteiger partial charge on any atom is 0.262 e. The van der Waals surface area contributed by atoms with Crippen LogP contribution in [0.1, 0.15) is 31.4 Å². The molecule has 0 aliphatic heterocycles. The Morgan fingerprint density at radius 2 is 1.90 bits per heavy atom. The van der Waals surface area contributed by atoms with Gasteiger partial charge in [-0.3, -0.25) is 9.59 Å². The Hall–Kier alpha value is -2.87. The summed E-state index contributed by atoms with van der Waals surface area (Å²) >= 11 is 3.40. The molecule has 0 unspecified atom stereocenters. The number of hydrazone groups is 1. The number of amides is 2. The van der Waals surface area contributed by atoms with E-state index < -0.39 is 11.9 Å². The molecule has 1 atom stereocenters. The van der Waals surface area contributed by atoms with Gasteiger partial charge in [0.25, 0.3) is 11.8 Å². The topological polar surface area (TPSA) is 89.0 Å². The van der Waals surface area contributed by atoms with Crippen molar-refractivity contribution in [3.63, 3.8) is 0 Å². The van der Waals surface area contributed by atoms with E-state index in [-0.39, 0.29) is 18.4 Å². The van der Waals surface area contributed by atoms with Gasteiger partial charge in [0.1, 0.15) is 17.5 Å². The summed E-state index contributed by atoms with van der Waals surface area (Å²) in [6, 6.07) is 12.2. The number of hydrogen-bond donors (Lipinski definition) is 2. The first-order chi connectivity index (χ1) is 14.8. The van der Waals surface area contributed by atoms with Gasteiger partial charge in [-0.2, -0.15) is 5.10 Å². The molecule has 0 spiro atoms. The Bertz CT molecular complexity index is 931. The number of rotatable bonds is 10. The van der Waals surface area contributed by atoms with E-state index in [0.717, 1.165) is 10.0 Å². The summed E-state index contributed by atoms with van der Waals surface area (Å²) in [6.07, 6.45) is 1.97. The highest BCUT2D eigenvalue weighted by molar-refractivity contribution is 9.10. The second-order valence-corrected chi connectivity index (χ2v) is 8.34. The van der Waals surface area contributed by atoms with Crippen LogP contribution in [0.5, 0.6) is 11.5 Å². The number of halogens is 1. The quantitative estimate of drug-likeness (QED) is 0.392. The van der Waals surface area contributed by atoms with Crippen molar-refractivity contribution in [2.75, 3.05) is 13.7 Å². The van der Waals surface area contributed by atoms with Crippen LogP contribution in [-0.4, -0.2) is 37.8 Å². The average Bonchev–Trinajstić information content (AvgIpc) is 2.72. The molecule has 8 heteroatoms. The van der Waals surface area contributed by atoms with Gasteiger partial charge >= 0.3 is 0 Å². The van der Waals surface area contributed by atoms with Crippen molar-refractivity contribution in [1.29, 1.82) is 0 Å². The van der Waals surface area contributed by atoms with E-state index in [9.17, 15) is 9.59 Å². The van der Waals surface area contributed by atoms with Gasteiger partial charge < -0.3 is 14.8 Å². The molecule has 2 aromatic rings. The van der Waals surface area contributed by atoms with Crippen molar-refractivity contribution in [2.45, 2.75) is 33.2 Å². The van der Waals surface area contributed by atoms with Crippen LogP contribution in [-0.2, 0) is 9.59 Å². The fourth-order valence-corrected chi connectivity index (χ4v) is 3.23. The molecule has 31 heavy (non-hydrogen) atoms. The number of aryl methyl sites for hydroxylation is 1. The van der Waals surface area contributed by atoms with Crippen LogP contribution >= 0.6 is 15.9 Å². The first kappa shape index (κ1) is 24.4. The third-order valence-corrected chi connectivity index (χ3v) is 4.87. The zero-order valence-corrected chi connectivity index (χ0v) is 19.7. The maximum absolute atomic E-state index is 12.6. The maximum atomic E-state index is 12.6. The van der Waals surface area contributed by atoms with Crippen LogP contribution < -0.4 is 20.2 Å². The van der Waals surface area contributed by atoms with Gasteiger partial charge in [0, 0.05) is 10.0 Å². The molecule has 166 valence electrons. The molecule has 2 amide bonds. The summed E-state index contributed by atoms with van der Waals surface area (Å²) in [4.78, 5) is 25.0. The molecule has 0 aromatic heterocycles. The predicted molar refractivity (Wildman–Crippen MR) is 124 cm³/mol. The van der Waals surface area contributed by atoms with Crippen LogP contribution in [0.3, 0.4) is 0 Å². The summed E-state index contributed by atoms with van der Waals surface area (Å²) in [5.74, 6) is 0.684. The van der Waals surface area contributed by atoms with E-state index in [1.807, 2.05) is 51.1 Å². The van der Waals surface area contributed by atoms with Crippen molar-refractivity contribution in [2.24, 2.45) is 11.0 Å². The standard InChI is InChI=1S/C23H28BrN3O4/c1-15(2)11-19(26-22(28)14-31-20-8-6-5-7-16(20)3)23(29)27-25-13-17-12-18(24)9-10-21(17)30-4/h5-10,12-13,15,19H,11,14H2,1-4H3,(H,26,28)(H,27,29)/b25-13-/t19-/m0/s1. The van der Waals surface area contributed by atoms with Crippen LogP contribution in [0.15, 0.2) is 52.0 Å². The van der Waals surface area contributed by atoms with Gasteiger partial charge in [-0.1, -0.05) is 48.0 Å². The van der Waals surface area contributed by atoms with E-state index in [0.29, 0.717) is 23.5 Å². The minimum Gasteiger partial charge on any atom is -0.496 e. The van der Waals surface area contributed by atoms with E-state index in [4.69, 9.17) is 9.47 Å². The van der Waals surface area contributed by atoms with Gasteiger partial charge in [-0.15, -0.1) is 0 Å². The zero-order chi connectivity index (χ0) is 22.8. The van der Waals surface area contributed by atoms with Crippen molar-refractivity contribution >= 4 is 34.0 Å². The largest absolute Gasteiger partial charge is 0.496 e. The lowest BCUT2D eigenvalue weighted by Gasteiger charge is -2.19. The number of carbonyl (C=O) groups is 2.